The molecule has 0 aliphatic rings. The molecule has 1 heterocycles. The van der Waals surface area contributed by atoms with Crippen molar-refractivity contribution in [1.29, 1.82) is 0 Å². The van der Waals surface area contributed by atoms with Crippen molar-refractivity contribution < 1.29 is 22.8 Å². The van der Waals surface area contributed by atoms with Crippen LogP contribution in [0.2, 0.25) is 0 Å². The van der Waals surface area contributed by atoms with Crippen LogP contribution in [0.3, 0.4) is 0 Å². The summed E-state index contributed by atoms with van der Waals surface area (Å²) >= 11 is 0. The first kappa shape index (κ1) is 16.1. The second kappa shape index (κ2) is 6.02. The first-order valence-corrected chi connectivity index (χ1v) is 5.92. The van der Waals surface area contributed by atoms with Crippen LogP contribution in [0, 0.1) is 5.92 Å². The number of nitrogens with one attached hydrogen (secondary N) is 1. The number of carbonyl (C=O) groups is 2. The molecule has 0 bridgehead atoms. The topological polar surface area (TPSA) is 76.9 Å². The van der Waals surface area contributed by atoms with Crippen molar-refractivity contribution in [1.82, 2.24) is 20.3 Å². The maximum absolute atomic E-state index is 12.2. The molecule has 9 heteroatoms. The molecular formula is C11H15F3N4O2. The third kappa shape index (κ3) is 4.32. The minimum atomic E-state index is -5.00. The van der Waals surface area contributed by atoms with E-state index in [0.717, 1.165) is 10.9 Å². The van der Waals surface area contributed by atoms with Crippen LogP contribution in [-0.2, 0) is 11.3 Å². The zero-order valence-electron chi connectivity index (χ0n) is 11.2. The number of rotatable bonds is 5. The van der Waals surface area contributed by atoms with Gasteiger partial charge in [-0.05, 0) is 12.8 Å². The van der Waals surface area contributed by atoms with Crippen molar-refractivity contribution in [3.05, 3.63) is 11.9 Å². The third-order valence-electron chi connectivity index (χ3n) is 2.72. The maximum atomic E-state index is 12.2. The second-order valence-corrected chi connectivity index (χ2v) is 4.73. The number of amides is 1. The van der Waals surface area contributed by atoms with Gasteiger partial charge >= 0.3 is 6.18 Å². The molecule has 0 saturated carbocycles. The van der Waals surface area contributed by atoms with E-state index >= 15 is 0 Å². The van der Waals surface area contributed by atoms with Crippen LogP contribution in [0.25, 0.3) is 0 Å². The summed E-state index contributed by atoms with van der Waals surface area (Å²) in [5.41, 5.74) is -0.831. The fourth-order valence-electron chi connectivity index (χ4n) is 1.24. The van der Waals surface area contributed by atoms with Gasteiger partial charge in [-0.15, -0.1) is 5.10 Å². The van der Waals surface area contributed by atoms with Crippen molar-refractivity contribution in [2.75, 3.05) is 0 Å². The smallest absolute Gasteiger partial charge is 0.352 e. The van der Waals surface area contributed by atoms with E-state index in [2.05, 4.69) is 15.6 Å². The lowest BCUT2D eigenvalue weighted by Gasteiger charge is -2.17. The average molecular weight is 292 g/mol. The van der Waals surface area contributed by atoms with Crippen LogP contribution in [0.15, 0.2) is 6.20 Å². The van der Waals surface area contributed by atoms with E-state index in [9.17, 15) is 22.8 Å². The molecule has 0 saturated heterocycles. The van der Waals surface area contributed by atoms with Gasteiger partial charge in [0.15, 0.2) is 5.69 Å². The van der Waals surface area contributed by atoms with Gasteiger partial charge in [0, 0.05) is 6.04 Å². The molecule has 1 rings (SSSR count). The van der Waals surface area contributed by atoms with Crippen LogP contribution in [0.4, 0.5) is 13.2 Å². The van der Waals surface area contributed by atoms with Crippen LogP contribution < -0.4 is 5.32 Å². The zero-order chi connectivity index (χ0) is 15.5. The average Bonchev–Trinajstić information content (AvgIpc) is 2.74. The molecule has 1 atom stereocenters. The normalized spacial score (nSPS) is 13.3. The molecule has 1 N–H and O–H groups in total. The predicted octanol–water partition coefficient (Wildman–Crippen LogP) is 1.18. The van der Waals surface area contributed by atoms with Gasteiger partial charge in [-0.25, -0.2) is 4.68 Å². The summed E-state index contributed by atoms with van der Waals surface area (Å²) in [5, 5.41) is 9.10. The molecule has 112 valence electrons. The summed E-state index contributed by atoms with van der Waals surface area (Å²) in [6.07, 6.45) is -4.20. The van der Waals surface area contributed by atoms with Gasteiger partial charge in [-0.1, -0.05) is 19.1 Å². The first-order valence-electron chi connectivity index (χ1n) is 5.92. The Morgan fingerprint density at radius 1 is 1.35 bits per heavy atom. The first-order chi connectivity index (χ1) is 9.11. The Morgan fingerprint density at radius 3 is 2.45 bits per heavy atom. The fourth-order valence-corrected chi connectivity index (χ4v) is 1.24. The van der Waals surface area contributed by atoms with Crippen LogP contribution in [0.5, 0.6) is 0 Å². The highest BCUT2D eigenvalue weighted by atomic mass is 19.4. The largest absolute Gasteiger partial charge is 0.456 e. The molecule has 1 aromatic heterocycles. The molecule has 1 unspecified atom stereocenters. The van der Waals surface area contributed by atoms with Gasteiger partial charge in [-0.2, -0.15) is 13.2 Å². The molecule has 0 aromatic carbocycles. The van der Waals surface area contributed by atoms with Gasteiger partial charge in [0.25, 0.3) is 5.78 Å². The maximum Gasteiger partial charge on any atom is 0.456 e. The number of alkyl halides is 3. The highest BCUT2D eigenvalue weighted by Gasteiger charge is 2.41. The molecule has 0 radical (unpaired) electrons. The monoisotopic (exact) mass is 292 g/mol. The quantitative estimate of drug-likeness (QED) is 0.827. The lowest BCUT2D eigenvalue weighted by atomic mass is 10.1. The highest BCUT2D eigenvalue weighted by molar-refractivity contribution is 5.98. The van der Waals surface area contributed by atoms with Crippen LogP contribution >= 0.6 is 0 Å². The van der Waals surface area contributed by atoms with Crippen LogP contribution in [0.1, 0.15) is 31.3 Å². The van der Waals surface area contributed by atoms with E-state index < -0.39 is 23.6 Å². The lowest BCUT2D eigenvalue weighted by molar-refractivity contribution is -0.122. The molecule has 0 aliphatic carbocycles. The van der Waals surface area contributed by atoms with E-state index in [1.807, 2.05) is 20.8 Å². The number of Topliss-reactive ketones (excluding diaryl/α,β-unsaturated/α-hetero) is 1. The van der Waals surface area contributed by atoms with Crippen molar-refractivity contribution in [2.45, 2.75) is 39.5 Å². The minimum absolute atomic E-state index is 0.0812. The Morgan fingerprint density at radius 2 is 1.95 bits per heavy atom. The van der Waals surface area contributed by atoms with Crippen molar-refractivity contribution in [3.63, 3.8) is 0 Å². The van der Waals surface area contributed by atoms with E-state index in [1.54, 1.807) is 0 Å². The number of carbonyl (C=O) groups excluding carboxylic acids is 2. The third-order valence-corrected chi connectivity index (χ3v) is 2.72. The molecule has 1 amide bonds. The Bertz CT molecular complexity index is 496. The SMILES string of the molecule is CC(C)C(C)NC(=O)Cn1cc(C(=O)C(F)(F)F)nn1. The molecule has 0 spiro atoms. The van der Waals surface area contributed by atoms with Crippen molar-refractivity contribution >= 4 is 11.7 Å². The van der Waals surface area contributed by atoms with Gasteiger partial charge in [-0.3, -0.25) is 9.59 Å². The molecule has 0 fully saturated rings. The number of hydrogen-bond donors (Lipinski definition) is 1. The molecular weight excluding hydrogens is 277 g/mol. The molecule has 6 nitrogen and oxygen atoms in total. The molecule has 0 aliphatic heterocycles. The highest BCUT2D eigenvalue weighted by Crippen LogP contribution is 2.19. The molecule has 1 aromatic rings. The standard InChI is InChI=1S/C11H15F3N4O2/c1-6(2)7(3)15-9(19)5-18-4-8(16-17-18)10(20)11(12,13)14/h4,6-7H,5H2,1-3H3,(H,15,19). The Hall–Kier alpha value is -1.93. The summed E-state index contributed by atoms with van der Waals surface area (Å²) < 4.78 is 37.4. The number of hydrogen-bond acceptors (Lipinski definition) is 4. The number of halogens is 3. The summed E-state index contributed by atoms with van der Waals surface area (Å²) in [4.78, 5) is 22.5. The predicted molar refractivity (Wildman–Crippen MR) is 62.9 cm³/mol. The van der Waals surface area contributed by atoms with E-state index in [1.165, 1.54) is 0 Å². The minimum Gasteiger partial charge on any atom is -0.352 e. The Kier molecular flexibility index (Phi) is 4.85. The number of ketones is 1. The summed E-state index contributed by atoms with van der Waals surface area (Å²) in [7, 11) is 0. The van der Waals surface area contributed by atoms with E-state index in [-0.39, 0.29) is 18.5 Å². The number of aromatic nitrogens is 3. The van der Waals surface area contributed by atoms with E-state index in [0.29, 0.717) is 0 Å². The molecule has 20 heavy (non-hydrogen) atoms. The summed E-state index contributed by atoms with van der Waals surface area (Å²) in [5.74, 6) is -2.28. The van der Waals surface area contributed by atoms with Crippen molar-refractivity contribution in [2.24, 2.45) is 5.92 Å². The van der Waals surface area contributed by atoms with Crippen molar-refractivity contribution in [3.8, 4) is 0 Å². The lowest BCUT2D eigenvalue weighted by Crippen LogP contribution is -2.38. The van der Waals surface area contributed by atoms with Gasteiger partial charge in [0.1, 0.15) is 6.54 Å². The summed E-state index contributed by atoms with van der Waals surface area (Å²) in [6, 6.07) is -0.0812. The van der Waals surface area contributed by atoms with E-state index in [4.69, 9.17) is 0 Å². The zero-order valence-corrected chi connectivity index (χ0v) is 11.2. The Labute approximate surface area is 113 Å². The number of nitrogens with zero attached hydrogens (tertiary/aromatic N) is 3. The fraction of sp³-hybridized carbons (Fsp3) is 0.636. The second-order valence-electron chi connectivity index (χ2n) is 4.73. The van der Waals surface area contributed by atoms with Crippen LogP contribution in [-0.4, -0.2) is 38.9 Å². The summed E-state index contributed by atoms with van der Waals surface area (Å²) in [6.45, 7) is 5.35. The van der Waals surface area contributed by atoms with Gasteiger partial charge < -0.3 is 5.32 Å². The van der Waals surface area contributed by atoms with Gasteiger partial charge in [0.05, 0.1) is 6.20 Å². The Balaban J connectivity index is 2.65. The van der Waals surface area contributed by atoms with Gasteiger partial charge in [0.2, 0.25) is 5.91 Å².